The molecule has 2 fully saturated rings. The summed E-state index contributed by atoms with van der Waals surface area (Å²) in [7, 11) is 4.29. The highest BCUT2D eigenvalue weighted by Gasteiger charge is 2.26. The van der Waals surface area contributed by atoms with E-state index in [9.17, 15) is 4.79 Å². The highest BCUT2D eigenvalue weighted by atomic mass is 35.5. The predicted molar refractivity (Wildman–Crippen MR) is 102 cm³/mol. The lowest BCUT2D eigenvalue weighted by Crippen LogP contribution is -2.44. The van der Waals surface area contributed by atoms with Crippen molar-refractivity contribution in [1.29, 1.82) is 0 Å². The number of hydrogen-bond acceptors (Lipinski definition) is 3. The van der Waals surface area contributed by atoms with Gasteiger partial charge < -0.3 is 15.5 Å². The van der Waals surface area contributed by atoms with E-state index >= 15 is 0 Å². The van der Waals surface area contributed by atoms with E-state index in [1.54, 1.807) is 0 Å². The molecule has 138 valence electrons. The van der Waals surface area contributed by atoms with Crippen LogP contribution < -0.4 is 10.6 Å². The Morgan fingerprint density at radius 1 is 1.17 bits per heavy atom. The zero-order valence-corrected chi connectivity index (χ0v) is 16.5. The monoisotopic (exact) mass is 367 g/mol. The average Bonchev–Trinajstić information content (AvgIpc) is 2.48. The molecule has 0 aromatic rings. The van der Waals surface area contributed by atoms with Gasteiger partial charge in [0.1, 0.15) is 0 Å². The smallest absolute Gasteiger partial charge is 0.220 e. The summed E-state index contributed by atoms with van der Waals surface area (Å²) in [6.45, 7) is 4.48. The minimum absolute atomic E-state index is 0. The summed E-state index contributed by atoms with van der Waals surface area (Å²) in [6.07, 6.45) is 7.91. The van der Waals surface area contributed by atoms with Crippen molar-refractivity contribution in [2.24, 2.45) is 11.8 Å². The maximum atomic E-state index is 12.3. The summed E-state index contributed by atoms with van der Waals surface area (Å²) in [4.78, 5) is 14.6. The Balaban J connectivity index is 0.00000242. The van der Waals surface area contributed by atoms with Crippen molar-refractivity contribution in [3.05, 3.63) is 0 Å². The molecule has 2 N–H and O–H groups in total. The summed E-state index contributed by atoms with van der Waals surface area (Å²) in [5.41, 5.74) is 0. The van der Waals surface area contributed by atoms with Gasteiger partial charge in [-0.3, -0.25) is 4.79 Å². The fourth-order valence-electron chi connectivity index (χ4n) is 3.92. The number of amides is 1. The first-order valence-corrected chi connectivity index (χ1v) is 8.72. The Morgan fingerprint density at radius 2 is 1.83 bits per heavy atom. The van der Waals surface area contributed by atoms with Gasteiger partial charge in [-0.2, -0.15) is 0 Å². The zero-order chi connectivity index (χ0) is 15.2. The van der Waals surface area contributed by atoms with Gasteiger partial charge in [0.2, 0.25) is 5.91 Å². The van der Waals surface area contributed by atoms with E-state index in [0.717, 1.165) is 31.8 Å². The lowest BCUT2D eigenvalue weighted by atomic mass is 9.83. The highest BCUT2D eigenvalue weighted by Crippen LogP contribution is 2.25. The molecule has 1 aliphatic carbocycles. The first-order valence-electron chi connectivity index (χ1n) is 8.72. The first kappa shape index (κ1) is 23.0. The lowest BCUT2D eigenvalue weighted by Gasteiger charge is -2.34. The fourth-order valence-corrected chi connectivity index (χ4v) is 3.92. The van der Waals surface area contributed by atoms with Crippen LogP contribution in [0, 0.1) is 11.8 Å². The van der Waals surface area contributed by atoms with Gasteiger partial charge in [-0.15, -0.1) is 24.8 Å². The van der Waals surface area contributed by atoms with Crippen LogP contribution in [-0.4, -0.2) is 50.1 Å². The first-order chi connectivity index (χ1) is 10.1. The van der Waals surface area contributed by atoms with E-state index in [4.69, 9.17) is 0 Å². The molecule has 4 nitrogen and oxygen atoms in total. The van der Waals surface area contributed by atoms with E-state index < -0.39 is 0 Å². The van der Waals surface area contributed by atoms with Crippen LogP contribution in [0.4, 0.5) is 0 Å². The molecule has 3 atom stereocenters. The Bertz CT molecular complexity index is 336. The van der Waals surface area contributed by atoms with Crippen molar-refractivity contribution in [3.8, 4) is 0 Å². The van der Waals surface area contributed by atoms with Crippen LogP contribution >= 0.6 is 24.8 Å². The van der Waals surface area contributed by atoms with Gasteiger partial charge in [-0.05, 0) is 77.5 Å². The van der Waals surface area contributed by atoms with E-state index in [2.05, 4.69) is 36.6 Å². The van der Waals surface area contributed by atoms with Gasteiger partial charge in [-0.25, -0.2) is 0 Å². The maximum absolute atomic E-state index is 12.3. The third-order valence-corrected chi connectivity index (χ3v) is 5.44. The molecule has 1 saturated heterocycles. The third-order valence-electron chi connectivity index (χ3n) is 5.44. The Labute approximate surface area is 154 Å². The lowest BCUT2D eigenvalue weighted by molar-refractivity contribution is -0.123. The van der Waals surface area contributed by atoms with Gasteiger partial charge >= 0.3 is 0 Å². The summed E-state index contributed by atoms with van der Waals surface area (Å²) < 4.78 is 0. The quantitative estimate of drug-likeness (QED) is 0.784. The molecule has 0 aromatic carbocycles. The molecular formula is C17H35Cl2N3O. The van der Waals surface area contributed by atoms with Crippen LogP contribution in [0.3, 0.4) is 0 Å². The summed E-state index contributed by atoms with van der Waals surface area (Å²) in [5.74, 6) is 1.50. The van der Waals surface area contributed by atoms with Crippen LogP contribution in [0.15, 0.2) is 0 Å². The Morgan fingerprint density at radius 3 is 2.43 bits per heavy atom. The summed E-state index contributed by atoms with van der Waals surface area (Å²) in [5, 5.41) is 6.69. The Hall–Kier alpha value is -0.0300. The largest absolute Gasteiger partial charge is 0.353 e. The van der Waals surface area contributed by atoms with E-state index in [0.29, 0.717) is 24.4 Å². The van der Waals surface area contributed by atoms with Crippen LogP contribution in [0.2, 0.25) is 0 Å². The van der Waals surface area contributed by atoms with Crippen LogP contribution in [-0.2, 0) is 4.79 Å². The van der Waals surface area contributed by atoms with Crippen LogP contribution in [0.5, 0.6) is 0 Å². The molecule has 0 spiro atoms. The Kier molecular flexibility index (Phi) is 11.5. The molecule has 3 unspecified atom stereocenters. The van der Waals surface area contributed by atoms with Crippen molar-refractivity contribution in [3.63, 3.8) is 0 Å². The molecule has 1 saturated carbocycles. The summed E-state index contributed by atoms with van der Waals surface area (Å²) in [6, 6.07) is 1.02. The van der Waals surface area contributed by atoms with Gasteiger partial charge in [0, 0.05) is 18.5 Å². The van der Waals surface area contributed by atoms with Crippen molar-refractivity contribution in [2.45, 2.75) is 64.0 Å². The highest BCUT2D eigenvalue weighted by molar-refractivity contribution is 5.85. The number of carbonyl (C=O) groups excluding carboxylic acids is 1. The molecule has 2 rings (SSSR count). The molecule has 1 aliphatic heterocycles. The molecule has 0 aromatic heterocycles. The standard InChI is InChI=1S/C17H33N3O.2ClH/c1-13(14-7-9-18-10-8-14)11-17(21)19-15-5-4-6-16(12-15)20(2)3;;/h13-16,18H,4-12H2,1-3H3,(H,19,21);2*1H. The molecule has 23 heavy (non-hydrogen) atoms. The van der Waals surface area contributed by atoms with Crippen LogP contribution in [0.25, 0.3) is 0 Å². The fraction of sp³-hybridized carbons (Fsp3) is 0.941. The predicted octanol–water partition coefficient (Wildman–Crippen LogP) is 2.84. The zero-order valence-electron chi connectivity index (χ0n) is 14.8. The van der Waals surface area contributed by atoms with Crippen molar-refractivity contribution in [1.82, 2.24) is 15.5 Å². The number of nitrogens with zero attached hydrogens (tertiary/aromatic N) is 1. The minimum atomic E-state index is 0. The molecule has 1 amide bonds. The molecular weight excluding hydrogens is 333 g/mol. The third kappa shape index (κ3) is 7.59. The van der Waals surface area contributed by atoms with E-state index in [1.165, 1.54) is 25.7 Å². The SMILES string of the molecule is CC(CC(=O)NC1CCCC(N(C)C)C1)C1CCNCC1.Cl.Cl. The molecule has 0 bridgehead atoms. The van der Waals surface area contributed by atoms with E-state index in [-0.39, 0.29) is 30.7 Å². The van der Waals surface area contributed by atoms with Gasteiger partial charge in [0.15, 0.2) is 0 Å². The average molecular weight is 368 g/mol. The minimum Gasteiger partial charge on any atom is -0.353 e. The molecule has 1 heterocycles. The number of rotatable bonds is 5. The van der Waals surface area contributed by atoms with Gasteiger partial charge in [-0.1, -0.05) is 6.92 Å². The number of hydrogen-bond donors (Lipinski definition) is 2. The molecule has 6 heteroatoms. The topological polar surface area (TPSA) is 44.4 Å². The van der Waals surface area contributed by atoms with Crippen LogP contribution in [0.1, 0.15) is 51.9 Å². The van der Waals surface area contributed by atoms with Crippen molar-refractivity contribution < 1.29 is 4.79 Å². The number of carbonyl (C=O) groups is 1. The molecule has 2 aliphatic rings. The normalized spacial score (nSPS) is 26.8. The summed E-state index contributed by atoms with van der Waals surface area (Å²) >= 11 is 0. The van der Waals surface area contributed by atoms with Crippen molar-refractivity contribution in [2.75, 3.05) is 27.2 Å². The van der Waals surface area contributed by atoms with Gasteiger partial charge in [0.05, 0.1) is 0 Å². The number of nitrogens with one attached hydrogen (secondary N) is 2. The molecule has 0 radical (unpaired) electrons. The maximum Gasteiger partial charge on any atom is 0.220 e. The van der Waals surface area contributed by atoms with E-state index in [1.807, 2.05) is 0 Å². The van der Waals surface area contributed by atoms with Gasteiger partial charge in [0.25, 0.3) is 0 Å². The van der Waals surface area contributed by atoms with Crippen molar-refractivity contribution >= 4 is 30.7 Å². The second-order valence-corrected chi connectivity index (χ2v) is 7.32. The number of piperidine rings is 1. The second-order valence-electron chi connectivity index (χ2n) is 7.32. The number of halogens is 2. The second kappa shape index (κ2) is 11.5.